The first kappa shape index (κ1) is 10.5. The molecule has 0 aliphatic rings. The summed E-state index contributed by atoms with van der Waals surface area (Å²) in [4.78, 5) is 0. The standard InChI is InChI=1S/C10H7F3N2O/c11-10(12,13)8-4-2-1-3-6(8)7-5-16-15-9(7)14/h1-5H,(H2,14,15). The molecule has 0 fully saturated rings. The van der Waals surface area contributed by atoms with Crippen molar-refractivity contribution in [3.8, 4) is 11.1 Å². The number of halogens is 3. The van der Waals surface area contributed by atoms with Crippen molar-refractivity contribution in [1.82, 2.24) is 5.16 Å². The van der Waals surface area contributed by atoms with Crippen LogP contribution in [0.25, 0.3) is 11.1 Å². The number of anilines is 1. The predicted molar refractivity (Wildman–Crippen MR) is 51.4 cm³/mol. The van der Waals surface area contributed by atoms with Gasteiger partial charge >= 0.3 is 6.18 Å². The van der Waals surface area contributed by atoms with Crippen LogP contribution in [0.3, 0.4) is 0 Å². The Morgan fingerprint density at radius 2 is 1.81 bits per heavy atom. The van der Waals surface area contributed by atoms with Gasteiger partial charge in [0.25, 0.3) is 0 Å². The van der Waals surface area contributed by atoms with Gasteiger partial charge in [-0.05, 0) is 6.07 Å². The normalized spacial score (nSPS) is 11.7. The molecular formula is C10H7F3N2O. The highest BCUT2D eigenvalue weighted by atomic mass is 19.4. The number of nitrogens with two attached hydrogens (primary N) is 1. The summed E-state index contributed by atoms with van der Waals surface area (Å²) >= 11 is 0. The van der Waals surface area contributed by atoms with Crippen LogP contribution in [0.15, 0.2) is 35.1 Å². The number of hydrogen-bond acceptors (Lipinski definition) is 3. The Balaban J connectivity index is 2.62. The van der Waals surface area contributed by atoms with Crippen LogP contribution in [0.2, 0.25) is 0 Å². The van der Waals surface area contributed by atoms with E-state index in [-0.39, 0.29) is 16.9 Å². The molecular weight excluding hydrogens is 221 g/mol. The molecule has 2 rings (SSSR count). The van der Waals surface area contributed by atoms with E-state index in [2.05, 4.69) is 9.68 Å². The van der Waals surface area contributed by atoms with Crippen LogP contribution < -0.4 is 5.73 Å². The van der Waals surface area contributed by atoms with E-state index < -0.39 is 11.7 Å². The average Bonchev–Trinajstić information content (AvgIpc) is 2.63. The number of nitrogen functional groups attached to an aromatic ring is 1. The van der Waals surface area contributed by atoms with Gasteiger partial charge in [0, 0.05) is 5.56 Å². The topological polar surface area (TPSA) is 52.0 Å². The van der Waals surface area contributed by atoms with E-state index in [1.54, 1.807) is 0 Å². The maximum Gasteiger partial charge on any atom is 0.417 e. The van der Waals surface area contributed by atoms with Crippen molar-refractivity contribution >= 4 is 5.82 Å². The van der Waals surface area contributed by atoms with Crippen LogP contribution in [0.5, 0.6) is 0 Å². The highest BCUT2D eigenvalue weighted by Crippen LogP contribution is 2.38. The van der Waals surface area contributed by atoms with Gasteiger partial charge in [-0.1, -0.05) is 23.4 Å². The number of hydrogen-bond donors (Lipinski definition) is 1. The third-order valence-electron chi connectivity index (χ3n) is 2.12. The molecule has 0 bridgehead atoms. The van der Waals surface area contributed by atoms with Crippen molar-refractivity contribution < 1.29 is 17.7 Å². The molecule has 16 heavy (non-hydrogen) atoms. The van der Waals surface area contributed by atoms with Gasteiger partial charge in [0.15, 0.2) is 5.82 Å². The summed E-state index contributed by atoms with van der Waals surface area (Å²) < 4.78 is 42.6. The first-order valence-electron chi connectivity index (χ1n) is 4.36. The second kappa shape index (κ2) is 3.55. The molecule has 0 aliphatic heterocycles. The number of aromatic nitrogens is 1. The second-order valence-electron chi connectivity index (χ2n) is 3.16. The van der Waals surface area contributed by atoms with Crippen molar-refractivity contribution in [1.29, 1.82) is 0 Å². The average molecular weight is 228 g/mol. The smallest absolute Gasteiger partial charge is 0.380 e. The molecule has 2 aromatic rings. The minimum Gasteiger partial charge on any atom is -0.380 e. The van der Waals surface area contributed by atoms with Gasteiger partial charge in [-0.3, -0.25) is 0 Å². The number of alkyl halides is 3. The molecule has 1 aromatic carbocycles. The summed E-state index contributed by atoms with van der Waals surface area (Å²) in [6, 6.07) is 5.13. The van der Waals surface area contributed by atoms with Gasteiger partial charge in [-0.2, -0.15) is 13.2 Å². The van der Waals surface area contributed by atoms with Gasteiger partial charge in [0.05, 0.1) is 11.1 Å². The largest absolute Gasteiger partial charge is 0.417 e. The molecule has 0 atom stereocenters. The highest BCUT2D eigenvalue weighted by molar-refractivity contribution is 5.75. The molecule has 0 saturated carbocycles. The SMILES string of the molecule is Nc1nocc1-c1ccccc1C(F)(F)F. The molecule has 1 heterocycles. The summed E-state index contributed by atoms with van der Waals surface area (Å²) in [5, 5.41) is 3.35. The maximum atomic E-state index is 12.7. The number of benzene rings is 1. The lowest BCUT2D eigenvalue weighted by Crippen LogP contribution is -2.07. The number of rotatable bonds is 1. The van der Waals surface area contributed by atoms with Gasteiger partial charge < -0.3 is 10.3 Å². The van der Waals surface area contributed by atoms with Crippen LogP contribution in [0.4, 0.5) is 19.0 Å². The van der Waals surface area contributed by atoms with Crippen LogP contribution in [0, 0.1) is 0 Å². The lowest BCUT2D eigenvalue weighted by molar-refractivity contribution is -0.137. The highest BCUT2D eigenvalue weighted by Gasteiger charge is 2.34. The molecule has 84 valence electrons. The lowest BCUT2D eigenvalue weighted by atomic mass is 10.0. The van der Waals surface area contributed by atoms with Crippen LogP contribution in [-0.4, -0.2) is 5.16 Å². The third-order valence-corrected chi connectivity index (χ3v) is 2.12. The zero-order valence-corrected chi connectivity index (χ0v) is 7.95. The van der Waals surface area contributed by atoms with Crippen LogP contribution in [0.1, 0.15) is 5.56 Å². The molecule has 2 N–H and O–H groups in total. The summed E-state index contributed by atoms with van der Waals surface area (Å²) in [7, 11) is 0. The van der Waals surface area contributed by atoms with Gasteiger partial charge in [-0.15, -0.1) is 0 Å². The zero-order valence-electron chi connectivity index (χ0n) is 7.95. The quantitative estimate of drug-likeness (QED) is 0.816. The summed E-state index contributed by atoms with van der Waals surface area (Å²) in [5.41, 5.74) is 4.77. The molecule has 0 amide bonds. The Hall–Kier alpha value is -1.98. The first-order chi connectivity index (χ1) is 7.50. The zero-order chi connectivity index (χ0) is 11.8. The van der Waals surface area contributed by atoms with Crippen molar-refractivity contribution in [2.75, 3.05) is 5.73 Å². The Morgan fingerprint density at radius 3 is 2.38 bits per heavy atom. The van der Waals surface area contributed by atoms with E-state index in [9.17, 15) is 13.2 Å². The molecule has 3 nitrogen and oxygen atoms in total. The fraction of sp³-hybridized carbons (Fsp3) is 0.100. The maximum absolute atomic E-state index is 12.7. The fourth-order valence-corrected chi connectivity index (χ4v) is 1.41. The molecule has 0 aliphatic carbocycles. The van der Waals surface area contributed by atoms with Crippen LogP contribution >= 0.6 is 0 Å². The minimum absolute atomic E-state index is 0.0336. The monoisotopic (exact) mass is 228 g/mol. The third kappa shape index (κ3) is 1.73. The first-order valence-corrected chi connectivity index (χ1v) is 4.36. The van der Waals surface area contributed by atoms with E-state index in [4.69, 9.17) is 5.73 Å². The van der Waals surface area contributed by atoms with Crippen molar-refractivity contribution in [3.05, 3.63) is 36.1 Å². The molecule has 6 heteroatoms. The van der Waals surface area contributed by atoms with Crippen molar-refractivity contribution in [3.63, 3.8) is 0 Å². The van der Waals surface area contributed by atoms with Crippen LogP contribution in [-0.2, 0) is 6.18 Å². The van der Waals surface area contributed by atoms with Crippen molar-refractivity contribution in [2.45, 2.75) is 6.18 Å². The van der Waals surface area contributed by atoms with E-state index in [0.29, 0.717) is 0 Å². The van der Waals surface area contributed by atoms with Gasteiger partial charge in [-0.25, -0.2) is 0 Å². The molecule has 0 spiro atoms. The fourth-order valence-electron chi connectivity index (χ4n) is 1.41. The summed E-state index contributed by atoms with van der Waals surface area (Å²) in [5.74, 6) is -0.0586. The number of nitrogens with zero attached hydrogens (tertiary/aromatic N) is 1. The Bertz CT molecular complexity index is 505. The van der Waals surface area contributed by atoms with Gasteiger partial charge in [0.1, 0.15) is 6.26 Å². The van der Waals surface area contributed by atoms with E-state index in [1.807, 2.05) is 0 Å². The van der Waals surface area contributed by atoms with E-state index >= 15 is 0 Å². The van der Waals surface area contributed by atoms with Gasteiger partial charge in [0.2, 0.25) is 0 Å². The molecule has 0 radical (unpaired) electrons. The minimum atomic E-state index is -4.43. The van der Waals surface area contributed by atoms with E-state index in [0.717, 1.165) is 12.3 Å². The Kier molecular flexibility index (Phi) is 2.34. The second-order valence-corrected chi connectivity index (χ2v) is 3.16. The Morgan fingerprint density at radius 1 is 1.12 bits per heavy atom. The summed E-state index contributed by atoms with van der Waals surface area (Å²) in [6.45, 7) is 0. The Labute approximate surface area is 88.7 Å². The summed E-state index contributed by atoms with van der Waals surface area (Å²) in [6.07, 6.45) is -3.33. The molecule has 0 saturated heterocycles. The van der Waals surface area contributed by atoms with E-state index in [1.165, 1.54) is 18.2 Å². The predicted octanol–water partition coefficient (Wildman–Crippen LogP) is 2.94. The molecule has 0 unspecified atom stereocenters. The lowest BCUT2D eigenvalue weighted by Gasteiger charge is -2.11. The molecule has 1 aromatic heterocycles. The van der Waals surface area contributed by atoms with Crippen molar-refractivity contribution in [2.24, 2.45) is 0 Å².